The number of imidazole rings is 1. The van der Waals surface area contributed by atoms with Crippen LogP contribution in [0.25, 0.3) is 11.2 Å². The molecule has 21 heavy (non-hydrogen) atoms. The molecule has 110 valence electrons. The molecule has 1 atom stereocenters. The van der Waals surface area contributed by atoms with E-state index in [0.717, 1.165) is 5.57 Å². The van der Waals surface area contributed by atoms with Crippen molar-refractivity contribution in [2.45, 2.75) is 11.8 Å². The number of aromatic amines is 1. The molecule has 0 saturated heterocycles. The number of hydrogen-bond acceptors (Lipinski definition) is 4. The molecule has 0 spiro atoms. The van der Waals surface area contributed by atoms with Crippen molar-refractivity contribution < 1.29 is 0 Å². The Kier molecular flexibility index (Phi) is 3.73. The summed E-state index contributed by atoms with van der Waals surface area (Å²) in [5, 5.41) is 3.52. The van der Waals surface area contributed by atoms with Crippen molar-refractivity contribution in [3.63, 3.8) is 0 Å². The van der Waals surface area contributed by atoms with Gasteiger partial charge in [0, 0.05) is 18.6 Å². The summed E-state index contributed by atoms with van der Waals surface area (Å²) in [6.45, 7) is 0.533. The number of hydrogen-bond donors (Lipinski definition) is 2. The normalized spacial score (nSPS) is 18.5. The maximum absolute atomic E-state index is 12.0. The Labute approximate surface area is 130 Å². The van der Waals surface area contributed by atoms with Gasteiger partial charge in [-0.15, -0.1) is 11.6 Å². The van der Waals surface area contributed by atoms with E-state index in [1.165, 1.54) is 0 Å². The Hall–Kier alpha value is -1.79. The Morgan fingerprint density at radius 3 is 3.10 bits per heavy atom. The van der Waals surface area contributed by atoms with Gasteiger partial charge in [0.2, 0.25) is 5.95 Å². The van der Waals surface area contributed by atoms with E-state index in [1.54, 1.807) is 24.0 Å². The monoisotopic (exact) mass is 325 g/mol. The number of rotatable bonds is 3. The molecule has 2 heterocycles. The number of nitrogens with zero attached hydrogens (tertiary/aromatic N) is 3. The van der Waals surface area contributed by atoms with Gasteiger partial charge >= 0.3 is 0 Å². The molecule has 8 heteroatoms. The smallest absolute Gasteiger partial charge is 0.278 e. The van der Waals surface area contributed by atoms with Gasteiger partial charge in [-0.1, -0.05) is 17.7 Å². The molecule has 2 aromatic rings. The minimum Gasteiger partial charge on any atom is -0.352 e. The molecule has 1 aliphatic rings. The van der Waals surface area contributed by atoms with Crippen molar-refractivity contribution >= 4 is 40.3 Å². The number of allylic oxidation sites excluding steroid dienone is 3. The molecule has 0 amide bonds. The van der Waals surface area contributed by atoms with Crippen LogP contribution in [0.5, 0.6) is 0 Å². The minimum absolute atomic E-state index is 0.196. The van der Waals surface area contributed by atoms with Crippen LogP contribution >= 0.6 is 23.2 Å². The first-order valence-corrected chi connectivity index (χ1v) is 7.20. The van der Waals surface area contributed by atoms with Gasteiger partial charge in [-0.25, -0.2) is 4.98 Å². The predicted molar refractivity (Wildman–Crippen MR) is 83.9 cm³/mol. The molecule has 2 aromatic heterocycles. The molecule has 0 bridgehead atoms. The van der Waals surface area contributed by atoms with Gasteiger partial charge in [-0.3, -0.25) is 9.78 Å². The highest BCUT2D eigenvalue weighted by molar-refractivity contribution is 6.37. The summed E-state index contributed by atoms with van der Waals surface area (Å²) < 4.78 is 1.64. The number of aromatic nitrogens is 4. The lowest BCUT2D eigenvalue weighted by atomic mass is 10.0. The summed E-state index contributed by atoms with van der Waals surface area (Å²) in [6, 6.07) is 0. The van der Waals surface area contributed by atoms with Crippen molar-refractivity contribution in [1.82, 2.24) is 19.5 Å². The van der Waals surface area contributed by atoms with Gasteiger partial charge < -0.3 is 9.88 Å². The quantitative estimate of drug-likeness (QED) is 0.847. The topological polar surface area (TPSA) is 75.6 Å². The van der Waals surface area contributed by atoms with Crippen LogP contribution < -0.4 is 10.9 Å². The van der Waals surface area contributed by atoms with Gasteiger partial charge in [0.05, 0.1) is 11.7 Å². The van der Waals surface area contributed by atoms with Crippen LogP contribution in [0.3, 0.4) is 0 Å². The van der Waals surface area contributed by atoms with Crippen LogP contribution in [0, 0.1) is 0 Å². The summed E-state index contributed by atoms with van der Waals surface area (Å²) in [7, 11) is 1.75. The molecule has 2 N–H and O–H groups in total. The van der Waals surface area contributed by atoms with E-state index in [-0.39, 0.29) is 10.9 Å². The molecule has 1 aliphatic carbocycles. The summed E-state index contributed by atoms with van der Waals surface area (Å²) in [4.78, 5) is 23.0. The van der Waals surface area contributed by atoms with E-state index in [0.29, 0.717) is 35.1 Å². The molecule has 1 unspecified atom stereocenters. The molecule has 3 rings (SSSR count). The lowest BCUT2D eigenvalue weighted by Gasteiger charge is -2.16. The second-order valence-corrected chi connectivity index (χ2v) is 5.81. The third-order valence-corrected chi connectivity index (χ3v) is 4.17. The fourth-order valence-corrected chi connectivity index (χ4v) is 2.58. The summed E-state index contributed by atoms with van der Waals surface area (Å²) >= 11 is 12.0. The van der Waals surface area contributed by atoms with E-state index in [4.69, 9.17) is 23.2 Å². The zero-order chi connectivity index (χ0) is 15.0. The van der Waals surface area contributed by atoms with Crippen LogP contribution in [-0.2, 0) is 7.05 Å². The minimum atomic E-state index is -0.224. The maximum atomic E-state index is 12.0. The van der Waals surface area contributed by atoms with Gasteiger partial charge in [0.25, 0.3) is 5.56 Å². The van der Waals surface area contributed by atoms with Crippen LogP contribution in [0.15, 0.2) is 33.9 Å². The number of anilines is 1. The molecular weight excluding hydrogens is 313 g/mol. The third kappa shape index (κ3) is 2.82. The van der Waals surface area contributed by atoms with Gasteiger partial charge in [-0.05, 0) is 18.1 Å². The van der Waals surface area contributed by atoms with Gasteiger partial charge in [0.1, 0.15) is 0 Å². The fourth-order valence-electron chi connectivity index (χ4n) is 2.17. The fraction of sp³-hybridized carbons (Fsp3) is 0.308. The number of fused-ring (bicyclic) bond motifs is 1. The van der Waals surface area contributed by atoms with Crippen molar-refractivity contribution in [2.75, 3.05) is 11.9 Å². The Balaban J connectivity index is 1.79. The summed E-state index contributed by atoms with van der Waals surface area (Å²) in [5.41, 5.74) is 1.73. The zero-order valence-electron chi connectivity index (χ0n) is 11.2. The van der Waals surface area contributed by atoms with Crippen molar-refractivity contribution in [1.29, 1.82) is 0 Å². The maximum Gasteiger partial charge on any atom is 0.278 e. The van der Waals surface area contributed by atoms with E-state index in [9.17, 15) is 4.79 Å². The first-order chi connectivity index (χ1) is 10.0. The van der Waals surface area contributed by atoms with Crippen LogP contribution in [0.2, 0.25) is 0 Å². The van der Waals surface area contributed by atoms with Crippen LogP contribution in [-0.4, -0.2) is 31.4 Å². The Morgan fingerprint density at radius 1 is 1.52 bits per heavy atom. The first kappa shape index (κ1) is 14.2. The van der Waals surface area contributed by atoms with Crippen LogP contribution in [0.4, 0.5) is 5.95 Å². The van der Waals surface area contributed by atoms with Gasteiger partial charge in [-0.2, -0.15) is 4.98 Å². The second kappa shape index (κ2) is 5.54. The lowest BCUT2D eigenvalue weighted by Crippen LogP contribution is -2.17. The number of H-pyrrole nitrogens is 1. The highest BCUT2D eigenvalue weighted by atomic mass is 35.5. The second-order valence-electron chi connectivity index (χ2n) is 4.84. The van der Waals surface area contributed by atoms with E-state index >= 15 is 0 Å². The molecule has 0 aromatic carbocycles. The summed E-state index contributed by atoms with van der Waals surface area (Å²) in [5.74, 6) is 0.388. The molecule has 0 aliphatic heterocycles. The number of alkyl halides is 1. The predicted octanol–water partition coefficient (Wildman–Crippen LogP) is 2.13. The summed E-state index contributed by atoms with van der Waals surface area (Å²) in [6.07, 6.45) is 5.94. The van der Waals surface area contributed by atoms with Crippen molar-refractivity contribution in [3.8, 4) is 0 Å². The average Bonchev–Trinajstić information content (AvgIpc) is 2.82. The van der Waals surface area contributed by atoms with E-state index in [2.05, 4.69) is 20.3 Å². The van der Waals surface area contributed by atoms with Gasteiger partial charge in [0.15, 0.2) is 11.2 Å². The lowest BCUT2D eigenvalue weighted by molar-refractivity contribution is 0.918. The molecule has 6 nitrogen and oxygen atoms in total. The number of halogens is 2. The van der Waals surface area contributed by atoms with Crippen molar-refractivity contribution in [2.24, 2.45) is 7.05 Å². The largest absolute Gasteiger partial charge is 0.352 e. The highest BCUT2D eigenvalue weighted by Crippen LogP contribution is 2.26. The highest BCUT2D eigenvalue weighted by Gasteiger charge is 2.15. The average molecular weight is 326 g/mol. The standard InChI is InChI=1S/C13H13Cl2N5O/c1-20-6-17-11-10(20)12(21)19-13(18-11)16-5-7-2-3-8(14)9(15)4-7/h2-3,6,9H,4-5H2,1H3,(H2,16,18,19,21). The SMILES string of the molecule is Cn1cnc2nc(NCC3=CC=C(Cl)C(Cl)C3)[nH]c(=O)c21. The zero-order valence-corrected chi connectivity index (χ0v) is 12.7. The van der Waals surface area contributed by atoms with E-state index < -0.39 is 0 Å². The van der Waals surface area contributed by atoms with Crippen molar-refractivity contribution in [3.05, 3.63) is 39.4 Å². The van der Waals surface area contributed by atoms with E-state index in [1.807, 2.05) is 6.08 Å². The van der Waals surface area contributed by atoms with Crippen LogP contribution in [0.1, 0.15) is 6.42 Å². The molecule has 0 saturated carbocycles. The Bertz CT molecular complexity index is 804. The first-order valence-electron chi connectivity index (χ1n) is 6.39. The number of aryl methyl sites for hydroxylation is 1. The molecule has 0 radical (unpaired) electrons. The third-order valence-electron chi connectivity index (χ3n) is 3.28. The molecule has 0 fully saturated rings. The number of nitrogens with one attached hydrogen (secondary N) is 2. The molecular formula is C13H13Cl2N5O. The Morgan fingerprint density at radius 2 is 2.33 bits per heavy atom.